The first-order valence-corrected chi connectivity index (χ1v) is 10.2. The predicted octanol–water partition coefficient (Wildman–Crippen LogP) is 3.33. The van der Waals surface area contributed by atoms with Gasteiger partial charge in [-0.25, -0.2) is 0 Å². The minimum Gasteiger partial charge on any atom is -0.484 e. The number of carbonyl (C=O) groups excluding carboxylic acids is 2. The first-order valence-electron chi connectivity index (χ1n) is 9.80. The van der Waals surface area contributed by atoms with Crippen molar-refractivity contribution in [3.05, 3.63) is 54.6 Å². The fourth-order valence-electron chi connectivity index (χ4n) is 3.30. The first kappa shape index (κ1) is 20.8. The van der Waals surface area contributed by atoms with Gasteiger partial charge in [0.15, 0.2) is 11.7 Å². The first-order chi connectivity index (χ1) is 14.1. The highest BCUT2D eigenvalue weighted by Gasteiger charge is 2.21. The topological polar surface area (TPSA) is 79.5 Å². The highest BCUT2D eigenvalue weighted by atomic mass is 32.1. The van der Waals surface area contributed by atoms with Crippen LogP contribution in [-0.2, 0) is 9.59 Å². The fourth-order valence-corrected chi connectivity index (χ4v) is 3.45. The quantitative estimate of drug-likeness (QED) is 0.520. The average Bonchev–Trinajstić information content (AvgIpc) is 2.78. The maximum atomic E-state index is 12.1. The number of thiocarbonyl (C=S) groups is 1. The largest absolute Gasteiger partial charge is 0.484 e. The summed E-state index contributed by atoms with van der Waals surface area (Å²) >= 11 is 5.06. The molecular formula is C22H25N3O3S. The number of hydrazine groups is 1. The molecule has 7 heteroatoms. The number of rotatable bonds is 5. The predicted molar refractivity (Wildman–Crippen MR) is 116 cm³/mol. The molecule has 29 heavy (non-hydrogen) atoms. The van der Waals surface area contributed by atoms with Gasteiger partial charge >= 0.3 is 0 Å². The standard InChI is InChI=1S/C22H25N3O3S/c26-20(24-25-22(29)23-21(27)18-9-5-2-6-10-18)15-28-19-13-11-17(12-14-19)16-7-3-1-4-8-16/h1,3-4,7-8,11-14,18H,2,5-6,9-10,15H2,(H,24,26)(H2,23,25,27,29). The number of carbonyl (C=O) groups is 2. The van der Waals surface area contributed by atoms with E-state index in [0.717, 1.165) is 36.8 Å². The average molecular weight is 412 g/mol. The minimum atomic E-state index is -0.397. The van der Waals surface area contributed by atoms with Crippen molar-refractivity contribution in [1.29, 1.82) is 0 Å². The summed E-state index contributed by atoms with van der Waals surface area (Å²) in [6.45, 7) is -0.170. The Balaban J connectivity index is 1.37. The Morgan fingerprint density at radius 3 is 2.24 bits per heavy atom. The van der Waals surface area contributed by atoms with Crippen molar-refractivity contribution in [3.8, 4) is 16.9 Å². The van der Waals surface area contributed by atoms with Gasteiger partial charge in [-0.05, 0) is 48.3 Å². The van der Waals surface area contributed by atoms with Crippen LogP contribution in [0.3, 0.4) is 0 Å². The van der Waals surface area contributed by atoms with E-state index in [9.17, 15) is 9.59 Å². The summed E-state index contributed by atoms with van der Waals surface area (Å²) in [5.41, 5.74) is 7.16. The molecule has 3 N–H and O–H groups in total. The van der Waals surface area contributed by atoms with Gasteiger partial charge in [0, 0.05) is 5.92 Å². The molecule has 0 unspecified atom stereocenters. The highest BCUT2D eigenvalue weighted by molar-refractivity contribution is 7.80. The van der Waals surface area contributed by atoms with Crippen LogP contribution in [0.25, 0.3) is 11.1 Å². The van der Waals surface area contributed by atoms with Gasteiger partial charge in [0.1, 0.15) is 5.75 Å². The molecular weight excluding hydrogens is 386 g/mol. The van der Waals surface area contributed by atoms with E-state index >= 15 is 0 Å². The molecule has 6 nitrogen and oxygen atoms in total. The minimum absolute atomic E-state index is 0.00129. The summed E-state index contributed by atoms with van der Waals surface area (Å²) in [6.07, 6.45) is 5.09. The van der Waals surface area contributed by atoms with E-state index in [4.69, 9.17) is 17.0 Å². The molecule has 2 aromatic rings. The molecule has 0 aliphatic heterocycles. The molecule has 3 rings (SSSR count). The van der Waals surface area contributed by atoms with Crippen molar-refractivity contribution in [3.63, 3.8) is 0 Å². The third kappa shape index (κ3) is 6.57. The number of ether oxygens (including phenoxy) is 1. The van der Waals surface area contributed by atoms with Crippen LogP contribution in [0.2, 0.25) is 0 Å². The molecule has 0 bridgehead atoms. The molecule has 0 saturated heterocycles. The van der Waals surface area contributed by atoms with E-state index in [2.05, 4.69) is 16.2 Å². The number of benzene rings is 2. The van der Waals surface area contributed by atoms with Crippen LogP contribution in [0.4, 0.5) is 0 Å². The van der Waals surface area contributed by atoms with Crippen molar-refractivity contribution >= 4 is 29.1 Å². The lowest BCUT2D eigenvalue weighted by molar-refractivity contribution is -0.125. The Bertz CT molecular complexity index is 834. The van der Waals surface area contributed by atoms with Crippen LogP contribution in [0.1, 0.15) is 32.1 Å². The van der Waals surface area contributed by atoms with Crippen molar-refractivity contribution < 1.29 is 14.3 Å². The molecule has 1 aliphatic rings. The van der Waals surface area contributed by atoms with Crippen LogP contribution in [0, 0.1) is 5.92 Å². The molecule has 1 saturated carbocycles. The molecule has 1 fully saturated rings. The van der Waals surface area contributed by atoms with Gasteiger partial charge in [0.25, 0.3) is 5.91 Å². The van der Waals surface area contributed by atoms with E-state index in [1.165, 1.54) is 6.42 Å². The van der Waals surface area contributed by atoms with Gasteiger partial charge in [-0.15, -0.1) is 0 Å². The van der Waals surface area contributed by atoms with Crippen molar-refractivity contribution in [2.45, 2.75) is 32.1 Å². The lowest BCUT2D eigenvalue weighted by Crippen LogP contribution is -2.50. The van der Waals surface area contributed by atoms with E-state index in [1.54, 1.807) is 0 Å². The van der Waals surface area contributed by atoms with Crippen molar-refractivity contribution in [2.75, 3.05) is 6.61 Å². The number of amides is 2. The van der Waals surface area contributed by atoms with Crippen LogP contribution in [0.5, 0.6) is 5.75 Å². The summed E-state index contributed by atoms with van der Waals surface area (Å²) in [5.74, 6) is 0.104. The molecule has 2 aromatic carbocycles. The third-order valence-corrected chi connectivity index (χ3v) is 5.06. The smallest absolute Gasteiger partial charge is 0.276 e. The van der Waals surface area contributed by atoms with E-state index in [-0.39, 0.29) is 23.5 Å². The SMILES string of the molecule is O=C(COc1ccc(-c2ccccc2)cc1)NNC(=S)NC(=O)C1CCCCC1. The van der Waals surface area contributed by atoms with E-state index in [1.807, 2.05) is 54.6 Å². The normalized spacial score (nSPS) is 13.9. The molecule has 2 amide bonds. The van der Waals surface area contributed by atoms with Gasteiger partial charge in [-0.2, -0.15) is 0 Å². The number of hydrogen-bond donors (Lipinski definition) is 3. The molecule has 0 heterocycles. The van der Waals surface area contributed by atoms with Gasteiger partial charge in [-0.1, -0.05) is 61.7 Å². The zero-order chi connectivity index (χ0) is 20.5. The lowest BCUT2D eigenvalue weighted by Gasteiger charge is -2.21. The third-order valence-electron chi connectivity index (χ3n) is 4.86. The van der Waals surface area contributed by atoms with Crippen molar-refractivity contribution in [1.82, 2.24) is 16.2 Å². The van der Waals surface area contributed by atoms with Gasteiger partial charge in [0.2, 0.25) is 5.91 Å². The van der Waals surface area contributed by atoms with Crippen LogP contribution < -0.4 is 20.9 Å². The molecule has 0 atom stereocenters. The zero-order valence-corrected chi connectivity index (χ0v) is 17.0. The Morgan fingerprint density at radius 1 is 0.897 bits per heavy atom. The second-order valence-electron chi connectivity index (χ2n) is 7.01. The molecule has 152 valence electrons. The van der Waals surface area contributed by atoms with Gasteiger partial charge < -0.3 is 10.1 Å². The Kier molecular flexibility index (Phi) is 7.58. The van der Waals surface area contributed by atoms with Gasteiger partial charge in [0.05, 0.1) is 0 Å². The second-order valence-corrected chi connectivity index (χ2v) is 7.41. The summed E-state index contributed by atoms with van der Waals surface area (Å²) < 4.78 is 5.48. The Labute approximate surface area is 176 Å². The second kappa shape index (κ2) is 10.6. The highest BCUT2D eigenvalue weighted by Crippen LogP contribution is 2.23. The molecule has 0 aromatic heterocycles. The Morgan fingerprint density at radius 2 is 1.55 bits per heavy atom. The van der Waals surface area contributed by atoms with E-state index in [0.29, 0.717) is 5.75 Å². The zero-order valence-electron chi connectivity index (χ0n) is 16.1. The molecule has 0 radical (unpaired) electrons. The molecule has 0 spiro atoms. The van der Waals surface area contributed by atoms with Crippen LogP contribution in [0.15, 0.2) is 54.6 Å². The van der Waals surface area contributed by atoms with Crippen LogP contribution in [-0.4, -0.2) is 23.5 Å². The summed E-state index contributed by atoms with van der Waals surface area (Å²) in [5, 5.41) is 2.71. The lowest BCUT2D eigenvalue weighted by atomic mass is 9.89. The van der Waals surface area contributed by atoms with Crippen molar-refractivity contribution in [2.24, 2.45) is 5.92 Å². The molecule has 1 aliphatic carbocycles. The summed E-state index contributed by atoms with van der Waals surface area (Å²) in [6, 6.07) is 17.5. The maximum Gasteiger partial charge on any atom is 0.276 e. The van der Waals surface area contributed by atoms with Crippen LogP contribution >= 0.6 is 12.2 Å². The Hall–Kier alpha value is -2.93. The number of hydrogen-bond acceptors (Lipinski definition) is 4. The number of nitrogens with one attached hydrogen (secondary N) is 3. The monoisotopic (exact) mass is 411 g/mol. The van der Waals surface area contributed by atoms with E-state index < -0.39 is 5.91 Å². The van der Waals surface area contributed by atoms with Gasteiger partial charge in [-0.3, -0.25) is 20.4 Å². The summed E-state index contributed by atoms with van der Waals surface area (Å²) in [7, 11) is 0. The fraction of sp³-hybridized carbons (Fsp3) is 0.318. The summed E-state index contributed by atoms with van der Waals surface area (Å²) in [4.78, 5) is 24.0. The maximum absolute atomic E-state index is 12.1.